The van der Waals surface area contributed by atoms with E-state index >= 15 is 0 Å². The van der Waals surface area contributed by atoms with E-state index in [1.165, 1.54) is 16.4 Å². The van der Waals surface area contributed by atoms with Gasteiger partial charge >= 0.3 is 0 Å². The lowest BCUT2D eigenvalue weighted by molar-refractivity contribution is 0.356. The van der Waals surface area contributed by atoms with Crippen LogP contribution >= 0.6 is 39.1 Å². The van der Waals surface area contributed by atoms with Gasteiger partial charge in [0.1, 0.15) is 4.90 Å². The van der Waals surface area contributed by atoms with Gasteiger partial charge in [0.05, 0.1) is 5.02 Å². The monoisotopic (exact) mass is 371 g/mol. The molecule has 1 unspecified atom stereocenters. The molecule has 1 atom stereocenters. The van der Waals surface area contributed by atoms with Crippen LogP contribution in [0.15, 0.2) is 23.1 Å². The molecule has 0 amide bonds. The fourth-order valence-corrected chi connectivity index (χ4v) is 5.05. The normalized spacial score (nSPS) is 22.1. The molecule has 0 aromatic heterocycles. The Morgan fingerprint density at radius 2 is 2.06 bits per heavy atom. The molecule has 1 aromatic carbocycles. The zero-order valence-electron chi connectivity index (χ0n) is 9.44. The van der Waals surface area contributed by atoms with Crippen LogP contribution in [-0.4, -0.2) is 30.6 Å². The van der Waals surface area contributed by atoms with E-state index in [1.54, 1.807) is 6.07 Å². The largest absolute Gasteiger partial charge is 0.244 e. The van der Waals surface area contributed by atoms with Crippen LogP contribution < -0.4 is 0 Å². The highest BCUT2D eigenvalue weighted by molar-refractivity contribution is 9.09. The first-order valence-corrected chi connectivity index (χ1v) is 8.61. The third-order valence-corrected chi connectivity index (χ3v) is 6.17. The minimum atomic E-state index is -3.56. The van der Waals surface area contributed by atoms with Gasteiger partial charge in [0, 0.05) is 22.9 Å². The smallest absolute Gasteiger partial charge is 0.207 e. The zero-order valence-corrected chi connectivity index (χ0v) is 13.4. The minimum Gasteiger partial charge on any atom is -0.207 e. The predicted molar refractivity (Wildman–Crippen MR) is 77.2 cm³/mol. The highest BCUT2D eigenvalue weighted by Crippen LogP contribution is 2.30. The second kappa shape index (κ2) is 5.67. The van der Waals surface area contributed by atoms with E-state index in [2.05, 4.69) is 15.9 Å². The summed E-state index contributed by atoms with van der Waals surface area (Å²) in [7, 11) is -3.56. The fraction of sp³-hybridized carbons (Fsp3) is 0.455. The van der Waals surface area contributed by atoms with Crippen molar-refractivity contribution in [3.05, 3.63) is 28.2 Å². The lowest BCUT2D eigenvalue weighted by Crippen LogP contribution is -2.40. The van der Waals surface area contributed by atoms with E-state index in [9.17, 15) is 8.42 Å². The van der Waals surface area contributed by atoms with Crippen molar-refractivity contribution in [3.63, 3.8) is 0 Å². The Morgan fingerprint density at radius 3 is 2.72 bits per heavy atom. The first-order valence-electron chi connectivity index (χ1n) is 5.50. The predicted octanol–water partition coefficient (Wildman–Crippen LogP) is 3.54. The summed E-state index contributed by atoms with van der Waals surface area (Å²) in [5, 5.41) is 0.571. The molecule has 1 aromatic rings. The Hall–Kier alpha value is 0.190. The Kier molecular flexibility index (Phi) is 4.60. The van der Waals surface area contributed by atoms with Crippen LogP contribution in [0.4, 0.5) is 0 Å². The van der Waals surface area contributed by atoms with Crippen molar-refractivity contribution in [1.82, 2.24) is 4.31 Å². The molecule has 1 aliphatic rings. The van der Waals surface area contributed by atoms with E-state index in [0.29, 0.717) is 18.1 Å². The summed E-state index contributed by atoms with van der Waals surface area (Å²) in [4.78, 5) is 0.275. The molecule has 0 bridgehead atoms. The van der Waals surface area contributed by atoms with E-state index in [0.717, 1.165) is 12.8 Å². The SMILES string of the molecule is O=S(=O)(c1cc(Cl)ccc1Cl)N1CCCC(Br)C1. The third kappa shape index (κ3) is 3.02. The maximum Gasteiger partial charge on any atom is 0.244 e. The van der Waals surface area contributed by atoms with Gasteiger partial charge in [-0.3, -0.25) is 0 Å². The van der Waals surface area contributed by atoms with Crippen LogP contribution in [0.5, 0.6) is 0 Å². The molecule has 100 valence electrons. The zero-order chi connectivity index (χ0) is 13.3. The summed E-state index contributed by atoms with van der Waals surface area (Å²) in [6.45, 7) is 0.985. The number of hydrogen-bond donors (Lipinski definition) is 0. The van der Waals surface area contributed by atoms with Crippen molar-refractivity contribution in [2.45, 2.75) is 22.6 Å². The minimum absolute atomic E-state index is 0.0817. The highest BCUT2D eigenvalue weighted by atomic mass is 79.9. The quantitative estimate of drug-likeness (QED) is 0.744. The van der Waals surface area contributed by atoms with Gasteiger partial charge in [-0.2, -0.15) is 4.31 Å². The van der Waals surface area contributed by atoms with Crippen molar-refractivity contribution in [2.24, 2.45) is 0 Å². The van der Waals surface area contributed by atoms with Gasteiger partial charge in [-0.15, -0.1) is 0 Å². The molecule has 1 saturated heterocycles. The first-order chi connectivity index (χ1) is 8.41. The molecule has 1 aliphatic heterocycles. The summed E-state index contributed by atoms with van der Waals surface area (Å²) < 4.78 is 26.4. The number of nitrogens with zero attached hydrogens (tertiary/aromatic N) is 1. The van der Waals surface area contributed by atoms with Crippen molar-refractivity contribution in [3.8, 4) is 0 Å². The summed E-state index contributed by atoms with van der Waals surface area (Å²) in [5.74, 6) is 0. The molecule has 3 nitrogen and oxygen atoms in total. The Labute approximate surface area is 125 Å². The van der Waals surface area contributed by atoms with Gasteiger partial charge < -0.3 is 0 Å². The molecule has 0 radical (unpaired) electrons. The maximum absolute atomic E-state index is 12.5. The molecule has 0 aliphatic carbocycles. The number of hydrogen-bond acceptors (Lipinski definition) is 2. The topological polar surface area (TPSA) is 37.4 Å². The van der Waals surface area contributed by atoms with E-state index in [-0.39, 0.29) is 14.7 Å². The average Bonchev–Trinajstić information content (AvgIpc) is 2.32. The molecule has 7 heteroatoms. The summed E-state index contributed by atoms with van der Waals surface area (Å²) in [5.41, 5.74) is 0. The first kappa shape index (κ1) is 14.6. The van der Waals surface area contributed by atoms with Gasteiger partial charge in [0.25, 0.3) is 0 Å². The van der Waals surface area contributed by atoms with E-state index < -0.39 is 10.0 Å². The summed E-state index contributed by atoms with van der Waals surface area (Å²) >= 11 is 15.3. The molecule has 18 heavy (non-hydrogen) atoms. The highest BCUT2D eigenvalue weighted by Gasteiger charge is 2.30. The van der Waals surface area contributed by atoms with Crippen LogP contribution in [0, 0.1) is 0 Å². The summed E-state index contributed by atoms with van der Waals surface area (Å²) in [6.07, 6.45) is 1.82. The fourth-order valence-electron chi connectivity index (χ4n) is 1.92. The Bertz CT molecular complexity index is 550. The van der Waals surface area contributed by atoms with E-state index in [4.69, 9.17) is 23.2 Å². The maximum atomic E-state index is 12.5. The molecule has 0 saturated carbocycles. The second-order valence-corrected chi connectivity index (χ2v) is 8.22. The van der Waals surface area contributed by atoms with Crippen molar-refractivity contribution in [2.75, 3.05) is 13.1 Å². The second-order valence-electron chi connectivity index (χ2n) is 4.18. The Balaban J connectivity index is 2.38. The van der Waals surface area contributed by atoms with Crippen LogP contribution in [-0.2, 0) is 10.0 Å². The third-order valence-electron chi connectivity index (χ3n) is 2.84. The number of alkyl halides is 1. The van der Waals surface area contributed by atoms with Gasteiger partial charge in [-0.1, -0.05) is 39.1 Å². The molecule has 0 spiro atoms. The number of rotatable bonds is 2. The lowest BCUT2D eigenvalue weighted by Gasteiger charge is -2.29. The number of halogens is 3. The molecule has 1 fully saturated rings. The van der Waals surface area contributed by atoms with Crippen LogP contribution in [0.25, 0.3) is 0 Å². The average molecular weight is 373 g/mol. The van der Waals surface area contributed by atoms with Gasteiger partial charge in [-0.25, -0.2) is 8.42 Å². The number of sulfonamides is 1. The molecular weight excluding hydrogens is 361 g/mol. The van der Waals surface area contributed by atoms with Crippen LogP contribution in [0.1, 0.15) is 12.8 Å². The molecule has 1 heterocycles. The molecule has 0 N–H and O–H groups in total. The van der Waals surface area contributed by atoms with Crippen molar-refractivity contribution in [1.29, 1.82) is 0 Å². The molecule has 2 rings (SSSR count). The Morgan fingerprint density at radius 1 is 1.33 bits per heavy atom. The van der Waals surface area contributed by atoms with Crippen molar-refractivity contribution >= 4 is 49.2 Å². The van der Waals surface area contributed by atoms with E-state index in [1.807, 2.05) is 0 Å². The molecular formula is C11H12BrCl2NO2S. The van der Waals surface area contributed by atoms with Crippen LogP contribution in [0.2, 0.25) is 10.0 Å². The lowest BCUT2D eigenvalue weighted by atomic mass is 10.2. The number of benzene rings is 1. The van der Waals surface area contributed by atoms with Gasteiger partial charge in [0.2, 0.25) is 10.0 Å². The van der Waals surface area contributed by atoms with Crippen molar-refractivity contribution < 1.29 is 8.42 Å². The number of piperidine rings is 1. The standard InChI is InChI=1S/C11H12BrCl2NO2S/c12-8-2-1-5-15(7-8)18(16,17)11-6-9(13)3-4-10(11)14/h3-4,6,8H,1-2,5,7H2. The van der Waals surface area contributed by atoms with Gasteiger partial charge in [0.15, 0.2) is 0 Å². The summed E-state index contributed by atoms with van der Waals surface area (Å²) in [6, 6.07) is 4.48. The van der Waals surface area contributed by atoms with Crippen LogP contribution in [0.3, 0.4) is 0 Å². The van der Waals surface area contributed by atoms with Gasteiger partial charge in [-0.05, 0) is 31.0 Å².